The number of unbranched alkanes of at least 4 members (excludes halogenated alkanes) is 1. The van der Waals surface area contributed by atoms with E-state index in [4.69, 9.17) is 16.3 Å². The lowest BCUT2D eigenvalue weighted by Gasteiger charge is -2.30. The molecule has 6 heteroatoms. The average molecular weight is 445 g/mol. The number of hydrogen-bond acceptors (Lipinski definition) is 3. The van der Waals surface area contributed by atoms with Crippen LogP contribution < -0.4 is 10.1 Å². The summed E-state index contributed by atoms with van der Waals surface area (Å²) < 4.78 is 5.74. The zero-order valence-corrected chi connectivity index (χ0v) is 19.7. The number of nitrogens with one attached hydrogen (secondary N) is 1. The smallest absolute Gasteiger partial charge is 0.261 e. The molecule has 31 heavy (non-hydrogen) atoms. The second kappa shape index (κ2) is 12.4. The largest absolute Gasteiger partial charge is 0.484 e. The molecule has 0 aliphatic carbocycles. The van der Waals surface area contributed by atoms with Crippen LogP contribution in [0.2, 0.25) is 5.02 Å². The van der Waals surface area contributed by atoms with Crippen LogP contribution in [0.15, 0.2) is 42.5 Å². The van der Waals surface area contributed by atoms with Gasteiger partial charge in [-0.2, -0.15) is 0 Å². The maximum Gasteiger partial charge on any atom is 0.261 e. The molecule has 0 bridgehead atoms. The molecule has 0 saturated carbocycles. The summed E-state index contributed by atoms with van der Waals surface area (Å²) in [5, 5.41) is 3.61. The summed E-state index contributed by atoms with van der Waals surface area (Å²) in [4.78, 5) is 27.7. The van der Waals surface area contributed by atoms with Crippen molar-refractivity contribution >= 4 is 23.4 Å². The number of hydrogen-bond donors (Lipinski definition) is 1. The minimum atomic E-state index is -0.555. The molecule has 1 N–H and O–H groups in total. The maximum absolute atomic E-state index is 13.2. The van der Waals surface area contributed by atoms with Gasteiger partial charge in [0.05, 0.1) is 0 Å². The predicted octanol–water partition coefficient (Wildman–Crippen LogP) is 5.06. The van der Waals surface area contributed by atoms with Crippen LogP contribution in [0.25, 0.3) is 0 Å². The number of ether oxygens (including phenoxy) is 1. The number of amides is 2. The Morgan fingerprint density at radius 3 is 2.55 bits per heavy atom. The first-order valence-electron chi connectivity index (χ1n) is 10.9. The first-order valence-corrected chi connectivity index (χ1v) is 11.2. The Balaban J connectivity index is 2.18. The summed E-state index contributed by atoms with van der Waals surface area (Å²) in [5.74, 6) is 0.220. The summed E-state index contributed by atoms with van der Waals surface area (Å²) in [5.41, 5.74) is 2.97. The number of benzene rings is 2. The van der Waals surface area contributed by atoms with Crippen LogP contribution in [0.4, 0.5) is 0 Å². The maximum atomic E-state index is 13.2. The van der Waals surface area contributed by atoms with Crippen molar-refractivity contribution in [2.45, 2.75) is 59.5 Å². The summed E-state index contributed by atoms with van der Waals surface area (Å²) in [6.07, 6.45) is 2.43. The third-order valence-electron chi connectivity index (χ3n) is 5.14. The highest BCUT2D eigenvalue weighted by Crippen LogP contribution is 2.21. The van der Waals surface area contributed by atoms with E-state index in [0.29, 0.717) is 30.3 Å². The van der Waals surface area contributed by atoms with E-state index < -0.39 is 6.04 Å². The van der Waals surface area contributed by atoms with Crippen molar-refractivity contribution in [1.82, 2.24) is 10.2 Å². The fourth-order valence-electron chi connectivity index (χ4n) is 3.37. The molecule has 0 aliphatic heterocycles. The van der Waals surface area contributed by atoms with Crippen molar-refractivity contribution in [3.8, 4) is 5.75 Å². The standard InChI is InChI=1S/C25H33ClN2O3/c1-5-7-13-27-25(30)23(6-2)28(16-20-10-8-9-18(3)14-20)24(29)17-31-21-11-12-22(26)19(4)15-21/h8-12,14-15,23H,5-7,13,16-17H2,1-4H3,(H,27,30)/t23-/m1/s1. The molecule has 2 aromatic carbocycles. The first kappa shape index (κ1) is 24.7. The van der Waals surface area contributed by atoms with Crippen molar-refractivity contribution in [2.75, 3.05) is 13.2 Å². The van der Waals surface area contributed by atoms with E-state index in [-0.39, 0.29) is 18.4 Å². The molecule has 0 unspecified atom stereocenters. The van der Waals surface area contributed by atoms with Gasteiger partial charge < -0.3 is 15.0 Å². The van der Waals surface area contributed by atoms with E-state index in [2.05, 4.69) is 12.2 Å². The number of halogens is 1. The van der Waals surface area contributed by atoms with Gasteiger partial charge in [0.15, 0.2) is 6.61 Å². The van der Waals surface area contributed by atoms with Gasteiger partial charge >= 0.3 is 0 Å². The van der Waals surface area contributed by atoms with Gasteiger partial charge in [0, 0.05) is 18.1 Å². The summed E-state index contributed by atoms with van der Waals surface area (Å²) in [7, 11) is 0. The Morgan fingerprint density at radius 2 is 1.90 bits per heavy atom. The number of carbonyl (C=O) groups is 2. The number of carbonyl (C=O) groups excluding carboxylic acids is 2. The molecule has 0 fully saturated rings. The molecule has 5 nitrogen and oxygen atoms in total. The molecule has 0 spiro atoms. The van der Waals surface area contributed by atoms with E-state index in [0.717, 1.165) is 29.5 Å². The third kappa shape index (κ3) is 7.59. The molecule has 2 aromatic rings. The van der Waals surface area contributed by atoms with Crippen LogP contribution in [-0.2, 0) is 16.1 Å². The Kier molecular flexibility index (Phi) is 9.86. The van der Waals surface area contributed by atoms with Gasteiger partial charge in [0.2, 0.25) is 5.91 Å². The zero-order valence-electron chi connectivity index (χ0n) is 18.9. The highest BCUT2D eigenvalue weighted by Gasteiger charge is 2.28. The summed E-state index contributed by atoms with van der Waals surface area (Å²) >= 11 is 6.07. The van der Waals surface area contributed by atoms with E-state index in [1.54, 1.807) is 23.1 Å². The fraction of sp³-hybridized carbons (Fsp3) is 0.440. The van der Waals surface area contributed by atoms with E-state index >= 15 is 0 Å². The number of nitrogens with zero attached hydrogens (tertiary/aromatic N) is 1. The van der Waals surface area contributed by atoms with Gasteiger partial charge in [0.1, 0.15) is 11.8 Å². The van der Waals surface area contributed by atoms with Crippen LogP contribution in [0.5, 0.6) is 5.75 Å². The monoisotopic (exact) mass is 444 g/mol. The molecular formula is C25H33ClN2O3. The minimum Gasteiger partial charge on any atom is -0.484 e. The van der Waals surface area contributed by atoms with E-state index in [1.807, 2.05) is 45.0 Å². The predicted molar refractivity (Wildman–Crippen MR) is 125 cm³/mol. The van der Waals surface area contributed by atoms with Crippen molar-refractivity contribution in [2.24, 2.45) is 0 Å². The molecule has 0 saturated heterocycles. The molecule has 0 radical (unpaired) electrons. The van der Waals surface area contributed by atoms with Gasteiger partial charge in [-0.25, -0.2) is 0 Å². The molecular weight excluding hydrogens is 412 g/mol. The summed E-state index contributed by atoms with van der Waals surface area (Å²) in [6.45, 7) is 8.70. The van der Waals surface area contributed by atoms with Crippen molar-refractivity contribution in [1.29, 1.82) is 0 Å². The van der Waals surface area contributed by atoms with Crippen molar-refractivity contribution in [3.05, 3.63) is 64.2 Å². The lowest BCUT2D eigenvalue weighted by Crippen LogP contribution is -2.50. The van der Waals surface area contributed by atoms with Gasteiger partial charge in [-0.1, -0.05) is 61.7 Å². The van der Waals surface area contributed by atoms with Crippen LogP contribution in [0, 0.1) is 13.8 Å². The Bertz CT molecular complexity index is 885. The normalized spacial score (nSPS) is 11.6. The highest BCUT2D eigenvalue weighted by molar-refractivity contribution is 6.31. The Labute approximate surface area is 190 Å². The van der Waals surface area contributed by atoms with Crippen LogP contribution in [0.3, 0.4) is 0 Å². The van der Waals surface area contributed by atoms with Crippen molar-refractivity contribution in [3.63, 3.8) is 0 Å². The molecule has 0 aromatic heterocycles. The van der Waals surface area contributed by atoms with Crippen LogP contribution in [-0.4, -0.2) is 35.9 Å². The number of aryl methyl sites for hydroxylation is 2. The van der Waals surface area contributed by atoms with Crippen molar-refractivity contribution < 1.29 is 14.3 Å². The molecule has 1 atom stereocenters. The molecule has 168 valence electrons. The second-order valence-electron chi connectivity index (χ2n) is 7.78. The quantitative estimate of drug-likeness (QED) is 0.493. The second-order valence-corrected chi connectivity index (χ2v) is 8.19. The Hall–Kier alpha value is -2.53. The minimum absolute atomic E-state index is 0.126. The number of rotatable bonds is 11. The van der Waals surface area contributed by atoms with Gasteiger partial charge in [-0.3, -0.25) is 9.59 Å². The van der Waals surface area contributed by atoms with E-state index in [1.165, 1.54) is 0 Å². The Morgan fingerprint density at radius 1 is 1.13 bits per heavy atom. The average Bonchev–Trinajstić information content (AvgIpc) is 2.74. The first-order chi connectivity index (χ1) is 14.8. The lowest BCUT2D eigenvalue weighted by atomic mass is 10.1. The van der Waals surface area contributed by atoms with Gasteiger partial charge in [-0.15, -0.1) is 0 Å². The van der Waals surface area contributed by atoms with Crippen LogP contribution in [0.1, 0.15) is 49.8 Å². The highest BCUT2D eigenvalue weighted by atomic mass is 35.5. The van der Waals surface area contributed by atoms with Crippen LogP contribution >= 0.6 is 11.6 Å². The SMILES string of the molecule is CCCCNC(=O)[C@@H](CC)N(Cc1cccc(C)c1)C(=O)COc1ccc(Cl)c(C)c1. The van der Waals surface area contributed by atoms with E-state index in [9.17, 15) is 9.59 Å². The topological polar surface area (TPSA) is 58.6 Å². The fourth-order valence-corrected chi connectivity index (χ4v) is 3.49. The van der Waals surface area contributed by atoms with Gasteiger partial charge in [-0.05, 0) is 56.0 Å². The molecule has 2 amide bonds. The summed E-state index contributed by atoms with van der Waals surface area (Å²) in [6, 6.07) is 12.7. The molecule has 0 aliphatic rings. The lowest BCUT2D eigenvalue weighted by molar-refractivity contribution is -0.143. The van der Waals surface area contributed by atoms with Gasteiger partial charge in [0.25, 0.3) is 5.91 Å². The third-order valence-corrected chi connectivity index (χ3v) is 5.57. The zero-order chi connectivity index (χ0) is 22.8. The molecule has 0 heterocycles. The molecule has 2 rings (SSSR count).